The van der Waals surface area contributed by atoms with Crippen molar-refractivity contribution in [2.75, 3.05) is 24.2 Å². The average molecular weight is 299 g/mol. The second-order valence-electron chi connectivity index (χ2n) is 4.96. The SMILES string of the molecule is Nc1ccc(NCC2(CO)CCCC2)c(Br)c1. The summed E-state index contributed by atoms with van der Waals surface area (Å²) >= 11 is 3.49. The van der Waals surface area contributed by atoms with Crippen molar-refractivity contribution in [2.24, 2.45) is 5.41 Å². The number of benzene rings is 1. The zero-order chi connectivity index (χ0) is 12.3. The predicted octanol–water partition coefficient (Wildman–Crippen LogP) is 3.00. The summed E-state index contributed by atoms with van der Waals surface area (Å²) in [7, 11) is 0. The Kier molecular flexibility index (Phi) is 3.94. The smallest absolute Gasteiger partial charge is 0.0504 e. The minimum absolute atomic E-state index is 0.0703. The van der Waals surface area contributed by atoms with Crippen LogP contribution in [-0.2, 0) is 0 Å². The highest BCUT2D eigenvalue weighted by atomic mass is 79.9. The molecule has 1 aliphatic rings. The quantitative estimate of drug-likeness (QED) is 0.749. The van der Waals surface area contributed by atoms with Crippen LogP contribution in [0, 0.1) is 5.41 Å². The molecule has 1 aliphatic carbocycles. The Bertz CT molecular complexity index is 389. The average Bonchev–Trinajstić information content (AvgIpc) is 2.77. The molecule has 0 atom stereocenters. The number of hydrogen-bond donors (Lipinski definition) is 3. The van der Waals surface area contributed by atoms with Gasteiger partial charge in [0.05, 0.1) is 6.61 Å². The second-order valence-corrected chi connectivity index (χ2v) is 5.81. The fourth-order valence-electron chi connectivity index (χ4n) is 2.47. The Morgan fingerprint density at radius 3 is 2.65 bits per heavy atom. The first-order valence-electron chi connectivity index (χ1n) is 6.05. The van der Waals surface area contributed by atoms with Gasteiger partial charge in [-0.2, -0.15) is 0 Å². The second kappa shape index (κ2) is 5.27. The van der Waals surface area contributed by atoms with Gasteiger partial charge in [-0.25, -0.2) is 0 Å². The van der Waals surface area contributed by atoms with E-state index in [-0.39, 0.29) is 12.0 Å². The molecule has 0 aromatic heterocycles. The Balaban J connectivity index is 2.01. The number of nitrogens with one attached hydrogen (secondary N) is 1. The molecule has 1 aromatic rings. The number of anilines is 2. The van der Waals surface area contributed by atoms with E-state index in [2.05, 4.69) is 21.2 Å². The third-order valence-electron chi connectivity index (χ3n) is 3.65. The Hall–Kier alpha value is -0.740. The lowest BCUT2D eigenvalue weighted by Crippen LogP contribution is -2.30. The summed E-state index contributed by atoms with van der Waals surface area (Å²) in [5, 5.41) is 12.9. The Morgan fingerprint density at radius 2 is 2.06 bits per heavy atom. The first kappa shape index (κ1) is 12.7. The van der Waals surface area contributed by atoms with Crippen LogP contribution in [0.4, 0.5) is 11.4 Å². The third kappa shape index (κ3) is 2.93. The maximum absolute atomic E-state index is 9.54. The van der Waals surface area contributed by atoms with Crippen LogP contribution >= 0.6 is 15.9 Å². The van der Waals surface area contributed by atoms with Gasteiger partial charge in [-0.1, -0.05) is 12.8 Å². The summed E-state index contributed by atoms with van der Waals surface area (Å²) in [6, 6.07) is 5.75. The molecule has 4 heteroatoms. The van der Waals surface area contributed by atoms with Gasteiger partial charge in [-0.05, 0) is 47.0 Å². The van der Waals surface area contributed by atoms with Gasteiger partial charge in [-0.15, -0.1) is 0 Å². The zero-order valence-electron chi connectivity index (χ0n) is 9.88. The largest absolute Gasteiger partial charge is 0.399 e. The molecule has 0 heterocycles. The van der Waals surface area contributed by atoms with Crippen LogP contribution < -0.4 is 11.1 Å². The minimum atomic E-state index is 0.0703. The Morgan fingerprint density at radius 1 is 1.35 bits per heavy atom. The minimum Gasteiger partial charge on any atom is -0.399 e. The number of rotatable bonds is 4. The normalized spacial score (nSPS) is 18.2. The summed E-state index contributed by atoms with van der Waals surface area (Å²) in [6.07, 6.45) is 4.68. The van der Waals surface area contributed by atoms with Gasteiger partial charge in [0.2, 0.25) is 0 Å². The van der Waals surface area contributed by atoms with Gasteiger partial charge >= 0.3 is 0 Å². The molecule has 0 unspecified atom stereocenters. The molecule has 0 radical (unpaired) electrons. The van der Waals surface area contributed by atoms with Gasteiger partial charge < -0.3 is 16.2 Å². The van der Waals surface area contributed by atoms with Crippen LogP contribution in [0.5, 0.6) is 0 Å². The first-order chi connectivity index (χ1) is 8.15. The molecule has 1 aromatic carbocycles. The number of halogens is 1. The van der Waals surface area contributed by atoms with Gasteiger partial charge in [-0.3, -0.25) is 0 Å². The van der Waals surface area contributed by atoms with Crippen molar-refractivity contribution < 1.29 is 5.11 Å². The van der Waals surface area contributed by atoms with Gasteiger partial charge in [0, 0.05) is 27.8 Å². The van der Waals surface area contributed by atoms with E-state index in [0.29, 0.717) is 0 Å². The maximum Gasteiger partial charge on any atom is 0.0504 e. The molecule has 0 saturated heterocycles. The van der Waals surface area contributed by atoms with Gasteiger partial charge in [0.1, 0.15) is 0 Å². The highest BCUT2D eigenvalue weighted by Gasteiger charge is 2.32. The molecule has 0 aliphatic heterocycles. The van der Waals surface area contributed by atoms with E-state index in [4.69, 9.17) is 5.73 Å². The van der Waals surface area contributed by atoms with Crippen molar-refractivity contribution in [2.45, 2.75) is 25.7 Å². The predicted molar refractivity (Wildman–Crippen MR) is 75.0 cm³/mol. The number of hydrogen-bond acceptors (Lipinski definition) is 3. The molecule has 0 amide bonds. The summed E-state index contributed by atoms with van der Waals surface area (Å²) < 4.78 is 0.976. The molecule has 2 rings (SSSR count). The van der Waals surface area contributed by atoms with Crippen molar-refractivity contribution in [1.82, 2.24) is 0 Å². The van der Waals surface area contributed by atoms with E-state index in [0.717, 1.165) is 35.2 Å². The molecule has 0 spiro atoms. The zero-order valence-corrected chi connectivity index (χ0v) is 11.5. The number of nitrogen functional groups attached to an aromatic ring is 1. The van der Waals surface area contributed by atoms with Gasteiger partial charge in [0.15, 0.2) is 0 Å². The molecule has 3 nitrogen and oxygen atoms in total. The molecule has 94 valence electrons. The Labute approximate surface area is 111 Å². The van der Waals surface area contributed by atoms with Crippen LogP contribution in [0.1, 0.15) is 25.7 Å². The van der Waals surface area contributed by atoms with Crippen LogP contribution in [-0.4, -0.2) is 18.3 Å². The van der Waals surface area contributed by atoms with E-state index in [1.807, 2.05) is 18.2 Å². The molecule has 0 bridgehead atoms. The maximum atomic E-state index is 9.54. The molecule has 17 heavy (non-hydrogen) atoms. The van der Waals surface area contributed by atoms with Crippen LogP contribution in [0.25, 0.3) is 0 Å². The van der Waals surface area contributed by atoms with E-state index < -0.39 is 0 Å². The summed E-state index contributed by atoms with van der Waals surface area (Å²) in [6.45, 7) is 1.10. The van der Waals surface area contributed by atoms with Crippen molar-refractivity contribution >= 4 is 27.3 Å². The topological polar surface area (TPSA) is 58.3 Å². The fourth-order valence-corrected chi connectivity index (χ4v) is 3.01. The number of nitrogens with two attached hydrogens (primary N) is 1. The lowest BCUT2D eigenvalue weighted by Gasteiger charge is -2.27. The molecule has 4 N–H and O–H groups in total. The standard InChI is InChI=1S/C13H19BrN2O/c14-11-7-10(15)3-4-12(11)16-8-13(9-17)5-1-2-6-13/h3-4,7,16-17H,1-2,5-6,8-9,15H2. The lowest BCUT2D eigenvalue weighted by molar-refractivity contribution is 0.142. The van der Waals surface area contributed by atoms with Crippen molar-refractivity contribution in [3.63, 3.8) is 0 Å². The van der Waals surface area contributed by atoms with E-state index in [1.54, 1.807) is 0 Å². The number of aliphatic hydroxyl groups is 1. The molecular weight excluding hydrogens is 280 g/mol. The lowest BCUT2D eigenvalue weighted by atomic mass is 9.87. The highest BCUT2D eigenvalue weighted by molar-refractivity contribution is 9.10. The summed E-state index contributed by atoms with van der Waals surface area (Å²) in [4.78, 5) is 0. The number of aliphatic hydroxyl groups excluding tert-OH is 1. The van der Waals surface area contributed by atoms with Crippen molar-refractivity contribution in [3.05, 3.63) is 22.7 Å². The highest BCUT2D eigenvalue weighted by Crippen LogP contribution is 2.38. The first-order valence-corrected chi connectivity index (χ1v) is 6.84. The van der Waals surface area contributed by atoms with Crippen LogP contribution in [0.3, 0.4) is 0 Å². The summed E-state index contributed by atoms with van der Waals surface area (Å²) in [5.74, 6) is 0. The monoisotopic (exact) mass is 298 g/mol. The third-order valence-corrected chi connectivity index (χ3v) is 4.30. The van der Waals surface area contributed by atoms with Crippen LogP contribution in [0.15, 0.2) is 22.7 Å². The van der Waals surface area contributed by atoms with E-state index >= 15 is 0 Å². The fraction of sp³-hybridized carbons (Fsp3) is 0.538. The van der Waals surface area contributed by atoms with Gasteiger partial charge in [0.25, 0.3) is 0 Å². The van der Waals surface area contributed by atoms with Crippen molar-refractivity contribution in [1.29, 1.82) is 0 Å². The van der Waals surface area contributed by atoms with Crippen LogP contribution in [0.2, 0.25) is 0 Å². The molecular formula is C13H19BrN2O. The van der Waals surface area contributed by atoms with E-state index in [9.17, 15) is 5.11 Å². The molecule has 1 saturated carbocycles. The summed E-state index contributed by atoms with van der Waals surface area (Å²) in [5.41, 5.74) is 7.56. The molecule has 1 fully saturated rings. The van der Waals surface area contributed by atoms with Crippen molar-refractivity contribution in [3.8, 4) is 0 Å². The van der Waals surface area contributed by atoms with E-state index in [1.165, 1.54) is 12.8 Å².